The zero-order chi connectivity index (χ0) is 19.0. The maximum absolute atomic E-state index is 12.5. The van der Waals surface area contributed by atoms with Gasteiger partial charge in [-0.05, 0) is 36.1 Å². The summed E-state index contributed by atoms with van der Waals surface area (Å²) in [4.78, 5) is 37.1. The number of ketones is 1. The minimum Gasteiger partial charge on any atom is -0.456 e. The lowest BCUT2D eigenvalue weighted by molar-refractivity contribution is -0.143. The Kier molecular flexibility index (Phi) is 4.37. The number of hydrogen-bond acceptors (Lipinski definition) is 6. The molecule has 0 saturated heterocycles. The Balaban J connectivity index is 1.47. The van der Waals surface area contributed by atoms with Crippen molar-refractivity contribution >= 4 is 44.3 Å². The van der Waals surface area contributed by atoms with E-state index in [1.54, 1.807) is 24.3 Å². The molecule has 4 rings (SSSR count). The van der Waals surface area contributed by atoms with Crippen molar-refractivity contribution in [1.82, 2.24) is 4.57 Å². The molecule has 2 aromatic carbocycles. The second-order valence-corrected chi connectivity index (χ2v) is 7.11. The third kappa shape index (κ3) is 3.17. The molecule has 0 fully saturated rings. The van der Waals surface area contributed by atoms with E-state index in [4.69, 9.17) is 9.15 Å². The summed E-state index contributed by atoms with van der Waals surface area (Å²) < 4.78 is 12.4. The molecular formula is C20H15NO5S. The van der Waals surface area contributed by atoms with Crippen LogP contribution in [-0.4, -0.2) is 22.9 Å². The van der Waals surface area contributed by atoms with Crippen LogP contribution in [0.15, 0.2) is 57.7 Å². The van der Waals surface area contributed by atoms with Gasteiger partial charge in [0.2, 0.25) is 5.78 Å². The number of fused-ring (bicyclic) bond motifs is 2. The summed E-state index contributed by atoms with van der Waals surface area (Å²) in [5.74, 6) is -1.57. The Hall–Kier alpha value is -3.19. The van der Waals surface area contributed by atoms with Gasteiger partial charge in [0.25, 0.3) is 0 Å². The zero-order valence-corrected chi connectivity index (χ0v) is 15.2. The van der Waals surface area contributed by atoms with Gasteiger partial charge in [-0.3, -0.25) is 14.2 Å². The van der Waals surface area contributed by atoms with E-state index in [2.05, 4.69) is 0 Å². The molecule has 0 aliphatic carbocycles. The maximum Gasteiger partial charge on any atom is 0.420 e. The van der Waals surface area contributed by atoms with E-state index in [0.717, 1.165) is 15.6 Å². The quantitative estimate of drug-likeness (QED) is 0.390. The number of thiophene rings is 1. The van der Waals surface area contributed by atoms with Crippen molar-refractivity contribution in [2.24, 2.45) is 0 Å². The number of rotatable bonds is 5. The second kappa shape index (κ2) is 6.85. The topological polar surface area (TPSA) is 78.5 Å². The van der Waals surface area contributed by atoms with Crippen molar-refractivity contribution in [3.8, 4) is 0 Å². The summed E-state index contributed by atoms with van der Waals surface area (Å²) in [7, 11) is 0. The fourth-order valence-corrected chi connectivity index (χ4v) is 4.12. The van der Waals surface area contributed by atoms with Crippen molar-refractivity contribution < 1.29 is 18.7 Å². The molecule has 0 radical (unpaired) electrons. The van der Waals surface area contributed by atoms with Crippen LogP contribution in [0, 0.1) is 6.92 Å². The number of benzene rings is 2. The van der Waals surface area contributed by atoms with Gasteiger partial charge >= 0.3 is 11.7 Å². The summed E-state index contributed by atoms with van der Waals surface area (Å²) in [6.07, 6.45) is 0. The third-order valence-electron chi connectivity index (χ3n) is 4.32. The number of esters is 1. The summed E-state index contributed by atoms with van der Waals surface area (Å²) in [6, 6.07) is 14.5. The monoisotopic (exact) mass is 381 g/mol. The van der Waals surface area contributed by atoms with Crippen LogP contribution in [0.25, 0.3) is 21.2 Å². The Morgan fingerprint density at radius 3 is 2.67 bits per heavy atom. The molecular weight excluding hydrogens is 366 g/mol. The molecule has 0 bridgehead atoms. The maximum atomic E-state index is 12.5. The highest BCUT2D eigenvalue weighted by atomic mass is 32.1. The largest absolute Gasteiger partial charge is 0.456 e. The van der Waals surface area contributed by atoms with Gasteiger partial charge in [0.05, 0.1) is 10.4 Å². The van der Waals surface area contributed by atoms with Gasteiger partial charge in [-0.1, -0.05) is 30.3 Å². The van der Waals surface area contributed by atoms with E-state index in [0.29, 0.717) is 16.0 Å². The fourth-order valence-electron chi connectivity index (χ4n) is 2.99. The standard InChI is InChI=1S/C20H15NO5S/c1-12-13-6-2-5-9-17(13)27-19(12)15(22)11-25-18(23)10-21-14-7-3-4-8-16(14)26-20(21)24/h2-9H,10-11H2,1H3. The average Bonchev–Trinajstić information content (AvgIpc) is 3.17. The molecule has 136 valence electrons. The van der Waals surface area contributed by atoms with Gasteiger partial charge in [0, 0.05) is 4.70 Å². The van der Waals surface area contributed by atoms with Crippen LogP contribution in [0.3, 0.4) is 0 Å². The first kappa shape index (κ1) is 17.2. The Morgan fingerprint density at radius 1 is 1.11 bits per heavy atom. The highest BCUT2D eigenvalue weighted by Crippen LogP contribution is 2.30. The number of Topliss-reactive ketones (excluding diaryl/α,β-unsaturated/α-hetero) is 1. The third-order valence-corrected chi connectivity index (χ3v) is 5.64. The molecule has 2 heterocycles. The van der Waals surface area contributed by atoms with Crippen molar-refractivity contribution in [3.05, 3.63) is 69.5 Å². The number of hydrogen-bond donors (Lipinski definition) is 0. The minimum atomic E-state index is -0.671. The van der Waals surface area contributed by atoms with Crippen molar-refractivity contribution in [1.29, 1.82) is 0 Å². The number of aromatic nitrogens is 1. The van der Waals surface area contributed by atoms with E-state index in [1.165, 1.54) is 15.9 Å². The van der Waals surface area contributed by atoms with Crippen molar-refractivity contribution in [2.45, 2.75) is 13.5 Å². The van der Waals surface area contributed by atoms with Gasteiger partial charge in [-0.15, -0.1) is 11.3 Å². The number of oxazole rings is 1. The lowest BCUT2D eigenvalue weighted by Gasteiger charge is -2.04. The van der Waals surface area contributed by atoms with E-state index in [1.807, 2.05) is 31.2 Å². The summed E-state index contributed by atoms with van der Waals surface area (Å²) in [5, 5.41) is 1.02. The number of nitrogens with zero attached hydrogens (tertiary/aromatic N) is 1. The number of carbonyl (C=O) groups is 2. The predicted molar refractivity (Wildman–Crippen MR) is 102 cm³/mol. The molecule has 0 amide bonds. The fraction of sp³-hybridized carbons (Fsp3) is 0.150. The lowest BCUT2D eigenvalue weighted by atomic mass is 10.1. The normalized spacial score (nSPS) is 11.1. The minimum absolute atomic E-state index is 0.258. The second-order valence-electron chi connectivity index (χ2n) is 6.06. The van der Waals surface area contributed by atoms with Crippen LogP contribution in [0.4, 0.5) is 0 Å². The van der Waals surface area contributed by atoms with Crippen LogP contribution in [0.1, 0.15) is 15.2 Å². The predicted octanol–water partition coefficient (Wildman–Crippen LogP) is 3.54. The summed E-state index contributed by atoms with van der Waals surface area (Å²) in [5.41, 5.74) is 1.78. The molecule has 2 aromatic heterocycles. The molecule has 6 nitrogen and oxygen atoms in total. The van der Waals surface area contributed by atoms with E-state index in [-0.39, 0.29) is 18.9 Å². The smallest absolute Gasteiger partial charge is 0.420 e. The van der Waals surface area contributed by atoms with Crippen LogP contribution in [0.5, 0.6) is 0 Å². The van der Waals surface area contributed by atoms with Gasteiger partial charge in [0.15, 0.2) is 12.2 Å². The Labute approximate surface area is 157 Å². The molecule has 0 atom stereocenters. The van der Waals surface area contributed by atoms with Crippen LogP contribution in [0.2, 0.25) is 0 Å². The van der Waals surface area contributed by atoms with Gasteiger partial charge in [0.1, 0.15) is 6.54 Å². The molecule has 4 aromatic rings. The lowest BCUT2D eigenvalue weighted by Crippen LogP contribution is -2.23. The molecule has 0 spiro atoms. The van der Waals surface area contributed by atoms with Gasteiger partial charge < -0.3 is 9.15 Å². The first-order chi connectivity index (χ1) is 13.0. The summed E-state index contributed by atoms with van der Waals surface area (Å²) >= 11 is 1.38. The summed E-state index contributed by atoms with van der Waals surface area (Å²) in [6.45, 7) is 1.20. The Morgan fingerprint density at radius 2 is 1.85 bits per heavy atom. The molecule has 0 aliphatic heterocycles. The van der Waals surface area contributed by atoms with Crippen LogP contribution < -0.4 is 5.76 Å². The number of para-hydroxylation sites is 2. The van der Waals surface area contributed by atoms with Gasteiger partial charge in [-0.2, -0.15) is 0 Å². The molecule has 0 unspecified atom stereocenters. The van der Waals surface area contributed by atoms with E-state index < -0.39 is 11.7 Å². The Bertz CT molecular complexity index is 1230. The SMILES string of the molecule is Cc1c(C(=O)COC(=O)Cn2c(=O)oc3ccccc32)sc2ccccc12. The molecule has 0 saturated carbocycles. The first-order valence-corrected chi connectivity index (χ1v) is 9.11. The van der Waals surface area contributed by atoms with Crippen LogP contribution in [-0.2, 0) is 16.1 Å². The van der Waals surface area contributed by atoms with E-state index in [9.17, 15) is 14.4 Å². The molecule has 0 N–H and O–H groups in total. The highest BCUT2D eigenvalue weighted by molar-refractivity contribution is 7.21. The zero-order valence-electron chi connectivity index (χ0n) is 14.4. The van der Waals surface area contributed by atoms with Crippen molar-refractivity contribution in [2.75, 3.05) is 6.61 Å². The molecule has 0 aliphatic rings. The van der Waals surface area contributed by atoms with E-state index >= 15 is 0 Å². The first-order valence-electron chi connectivity index (χ1n) is 8.30. The number of carbonyl (C=O) groups excluding carboxylic acids is 2. The molecule has 27 heavy (non-hydrogen) atoms. The van der Waals surface area contributed by atoms with Crippen molar-refractivity contribution in [3.63, 3.8) is 0 Å². The van der Waals surface area contributed by atoms with Crippen LogP contribution >= 0.6 is 11.3 Å². The highest BCUT2D eigenvalue weighted by Gasteiger charge is 2.18. The average molecular weight is 381 g/mol. The van der Waals surface area contributed by atoms with Gasteiger partial charge in [-0.25, -0.2) is 4.79 Å². The number of ether oxygens (including phenoxy) is 1. The molecule has 7 heteroatoms. The number of aryl methyl sites for hydroxylation is 1.